The second-order valence-corrected chi connectivity index (χ2v) is 8.42. The van der Waals surface area contributed by atoms with Crippen molar-refractivity contribution in [1.82, 2.24) is 15.0 Å². The molecule has 0 saturated carbocycles. The van der Waals surface area contributed by atoms with E-state index in [2.05, 4.69) is 15.0 Å². The SMILES string of the molecule is Cc1cc(C(F)(F)F)nc(N2CCc3c([nH]c4cc(F)c(Cl)cc34)C2c2cccc(F)c2F)n1. The van der Waals surface area contributed by atoms with Crippen LogP contribution < -0.4 is 4.90 Å². The van der Waals surface area contributed by atoms with Gasteiger partial charge in [0, 0.05) is 34.4 Å². The predicted octanol–water partition coefficient (Wildman–Crippen LogP) is 6.51. The lowest BCUT2D eigenvalue weighted by Crippen LogP contribution is -2.38. The van der Waals surface area contributed by atoms with Crippen molar-refractivity contribution in [2.24, 2.45) is 0 Å². The Kier molecular flexibility index (Phi) is 5.23. The summed E-state index contributed by atoms with van der Waals surface area (Å²) in [5.74, 6) is -3.22. The fourth-order valence-corrected chi connectivity index (χ4v) is 4.55. The molecule has 0 aliphatic carbocycles. The minimum atomic E-state index is -4.72. The Bertz CT molecular complexity index is 1430. The van der Waals surface area contributed by atoms with Crippen LogP contribution >= 0.6 is 11.6 Å². The number of fused-ring (bicyclic) bond motifs is 3. The summed E-state index contributed by atoms with van der Waals surface area (Å²) >= 11 is 5.95. The Morgan fingerprint density at radius 3 is 2.56 bits per heavy atom. The maximum Gasteiger partial charge on any atom is 0.433 e. The van der Waals surface area contributed by atoms with Gasteiger partial charge in [-0.25, -0.2) is 23.1 Å². The predicted molar refractivity (Wildman–Crippen MR) is 114 cm³/mol. The highest BCUT2D eigenvalue weighted by Gasteiger charge is 2.38. The van der Waals surface area contributed by atoms with Gasteiger partial charge in [0.05, 0.1) is 5.02 Å². The smallest absolute Gasteiger partial charge is 0.356 e. The van der Waals surface area contributed by atoms with Gasteiger partial charge in [-0.05, 0) is 43.2 Å². The summed E-state index contributed by atoms with van der Waals surface area (Å²) in [5.41, 5.74) is 0.197. The lowest BCUT2D eigenvalue weighted by Gasteiger charge is -2.36. The molecule has 0 amide bonds. The number of halogens is 7. The minimum Gasteiger partial charge on any atom is -0.356 e. The van der Waals surface area contributed by atoms with Crippen LogP contribution in [0, 0.1) is 24.4 Å². The third-order valence-electron chi connectivity index (χ3n) is 5.83. The molecule has 0 radical (unpaired) electrons. The van der Waals surface area contributed by atoms with Crippen LogP contribution in [0.15, 0.2) is 36.4 Å². The second-order valence-electron chi connectivity index (χ2n) is 8.01. The first-order chi connectivity index (χ1) is 16.0. The molecule has 0 fully saturated rings. The summed E-state index contributed by atoms with van der Waals surface area (Å²) in [5, 5.41) is 0.478. The number of rotatable bonds is 2. The highest BCUT2D eigenvalue weighted by Crippen LogP contribution is 2.42. The number of aromatic nitrogens is 3. The van der Waals surface area contributed by atoms with E-state index in [1.807, 2.05) is 0 Å². The Labute approximate surface area is 194 Å². The first kappa shape index (κ1) is 22.5. The topological polar surface area (TPSA) is 44.8 Å². The van der Waals surface area contributed by atoms with Crippen LogP contribution in [-0.4, -0.2) is 21.5 Å². The van der Waals surface area contributed by atoms with E-state index in [4.69, 9.17) is 11.6 Å². The molecule has 176 valence electrons. The zero-order valence-corrected chi connectivity index (χ0v) is 18.2. The van der Waals surface area contributed by atoms with E-state index in [0.29, 0.717) is 28.6 Å². The largest absolute Gasteiger partial charge is 0.433 e. The van der Waals surface area contributed by atoms with E-state index < -0.39 is 35.4 Å². The number of nitrogens with zero attached hydrogens (tertiary/aromatic N) is 3. The van der Waals surface area contributed by atoms with Gasteiger partial charge < -0.3 is 9.88 Å². The summed E-state index contributed by atoms with van der Waals surface area (Å²) in [6, 6.07) is 5.91. The molecule has 2 aromatic heterocycles. The molecule has 4 nitrogen and oxygen atoms in total. The van der Waals surface area contributed by atoms with Gasteiger partial charge in [0.15, 0.2) is 11.6 Å². The van der Waals surface area contributed by atoms with Crippen molar-refractivity contribution in [3.63, 3.8) is 0 Å². The zero-order valence-electron chi connectivity index (χ0n) is 17.4. The quantitative estimate of drug-likeness (QED) is 0.322. The number of hydrogen-bond donors (Lipinski definition) is 1. The number of aryl methyl sites for hydroxylation is 1. The third-order valence-corrected chi connectivity index (χ3v) is 6.12. The van der Waals surface area contributed by atoms with Crippen LogP contribution in [0.4, 0.5) is 32.3 Å². The van der Waals surface area contributed by atoms with Crippen molar-refractivity contribution < 1.29 is 26.3 Å². The van der Waals surface area contributed by atoms with Crippen molar-refractivity contribution in [3.8, 4) is 0 Å². The Balaban J connectivity index is 1.76. The van der Waals surface area contributed by atoms with Crippen molar-refractivity contribution in [2.75, 3.05) is 11.4 Å². The number of benzene rings is 2. The molecule has 5 rings (SSSR count). The van der Waals surface area contributed by atoms with E-state index >= 15 is 0 Å². The van der Waals surface area contributed by atoms with Gasteiger partial charge in [-0.2, -0.15) is 13.2 Å². The van der Waals surface area contributed by atoms with Crippen molar-refractivity contribution in [2.45, 2.75) is 25.6 Å². The Morgan fingerprint density at radius 1 is 1.06 bits per heavy atom. The summed E-state index contributed by atoms with van der Waals surface area (Å²) < 4.78 is 83.6. The second kappa shape index (κ2) is 7.90. The number of H-pyrrole nitrogens is 1. The lowest BCUT2D eigenvalue weighted by molar-refractivity contribution is -0.141. The molecule has 0 spiro atoms. The van der Waals surface area contributed by atoms with E-state index in [-0.39, 0.29) is 28.8 Å². The monoisotopic (exact) mass is 496 g/mol. The third kappa shape index (κ3) is 3.66. The molecule has 1 N–H and O–H groups in total. The molecule has 11 heteroatoms. The fourth-order valence-electron chi connectivity index (χ4n) is 4.38. The average molecular weight is 497 g/mol. The van der Waals surface area contributed by atoms with Gasteiger partial charge in [0.25, 0.3) is 0 Å². The molecule has 4 aromatic rings. The molecule has 1 aliphatic rings. The van der Waals surface area contributed by atoms with E-state index in [0.717, 1.165) is 12.1 Å². The minimum absolute atomic E-state index is 0.0621. The molecular formula is C23H15ClF6N4. The van der Waals surface area contributed by atoms with E-state index in [1.165, 1.54) is 36.1 Å². The number of alkyl halides is 3. The molecule has 2 aromatic carbocycles. The maximum atomic E-state index is 15.0. The van der Waals surface area contributed by atoms with Crippen molar-refractivity contribution in [3.05, 3.63) is 87.1 Å². The number of aromatic amines is 1. The lowest BCUT2D eigenvalue weighted by atomic mass is 9.92. The first-order valence-electron chi connectivity index (χ1n) is 10.2. The highest BCUT2D eigenvalue weighted by molar-refractivity contribution is 6.31. The summed E-state index contributed by atoms with van der Waals surface area (Å²) in [6.07, 6.45) is -4.43. The highest BCUT2D eigenvalue weighted by atomic mass is 35.5. The first-order valence-corrected chi connectivity index (χ1v) is 10.6. The summed E-state index contributed by atoms with van der Waals surface area (Å²) in [4.78, 5) is 12.3. The number of anilines is 1. The Morgan fingerprint density at radius 2 is 1.82 bits per heavy atom. The van der Waals surface area contributed by atoms with Gasteiger partial charge in [-0.15, -0.1) is 0 Å². The van der Waals surface area contributed by atoms with Crippen LogP contribution in [0.3, 0.4) is 0 Å². The zero-order chi connectivity index (χ0) is 24.4. The normalized spacial score (nSPS) is 16.2. The van der Waals surface area contributed by atoms with E-state index in [1.54, 1.807) is 0 Å². The van der Waals surface area contributed by atoms with Crippen LogP contribution in [-0.2, 0) is 12.6 Å². The van der Waals surface area contributed by atoms with Crippen LogP contribution in [0.1, 0.15) is 34.3 Å². The molecule has 1 aliphatic heterocycles. The van der Waals surface area contributed by atoms with Crippen LogP contribution in [0.5, 0.6) is 0 Å². The summed E-state index contributed by atoms with van der Waals surface area (Å²) in [6.45, 7) is 1.48. The van der Waals surface area contributed by atoms with Crippen LogP contribution in [0.25, 0.3) is 10.9 Å². The molecular weight excluding hydrogens is 482 g/mol. The van der Waals surface area contributed by atoms with Gasteiger partial charge in [0.2, 0.25) is 5.95 Å². The summed E-state index contributed by atoms with van der Waals surface area (Å²) in [7, 11) is 0. The van der Waals surface area contributed by atoms with Gasteiger partial charge >= 0.3 is 6.18 Å². The number of nitrogens with one attached hydrogen (secondary N) is 1. The molecule has 1 atom stereocenters. The van der Waals surface area contributed by atoms with Crippen molar-refractivity contribution in [1.29, 1.82) is 0 Å². The molecule has 0 bridgehead atoms. The maximum absolute atomic E-state index is 15.0. The fraction of sp³-hybridized carbons (Fsp3) is 0.217. The molecule has 1 unspecified atom stereocenters. The van der Waals surface area contributed by atoms with Gasteiger partial charge in [0.1, 0.15) is 17.6 Å². The van der Waals surface area contributed by atoms with E-state index in [9.17, 15) is 26.3 Å². The average Bonchev–Trinajstić information content (AvgIpc) is 3.12. The van der Waals surface area contributed by atoms with Gasteiger partial charge in [-0.1, -0.05) is 23.7 Å². The standard InChI is InChI=1S/C23H15ClF6N4/c1-10-7-18(23(28,29)30)33-22(31-10)34-6-5-11-13-8-14(24)16(26)9-17(13)32-20(11)21(34)12-3-2-4-15(25)19(12)27/h2-4,7-9,21,32H,5-6H2,1H3. The van der Waals surface area contributed by atoms with Gasteiger partial charge in [-0.3, -0.25) is 0 Å². The molecule has 3 heterocycles. The molecule has 34 heavy (non-hydrogen) atoms. The number of hydrogen-bond acceptors (Lipinski definition) is 3. The molecule has 0 saturated heterocycles. The van der Waals surface area contributed by atoms with Crippen LogP contribution in [0.2, 0.25) is 5.02 Å². The van der Waals surface area contributed by atoms with Crippen molar-refractivity contribution >= 4 is 28.5 Å². The Hall–Kier alpha value is -3.27.